The topological polar surface area (TPSA) is 90.9 Å². The van der Waals surface area contributed by atoms with Crippen LogP contribution in [0.2, 0.25) is 0 Å². The van der Waals surface area contributed by atoms with Gasteiger partial charge in [-0.25, -0.2) is 4.68 Å². The van der Waals surface area contributed by atoms with Crippen LogP contribution >= 0.6 is 0 Å². The fraction of sp³-hybridized carbons (Fsp3) is 0.188. The second kappa shape index (κ2) is 5.96. The summed E-state index contributed by atoms with van der Waals surface area (Å²) in [5, 5.41) is 19.5. The van der Waals surface area contributed by atoms with E-state index >= 15 is 0 Å². The molecule has 0 aliphatic carbocycles. The zero-order valence-electron chi connectivity index (χ0n) is 12.4. The highest BCUT2D eigenvalue weighted by atomic mass is 16.6. The standard InChI is InChI=1S/C16H14N4O3/c1-11(21)10-16(12-6-2-4-8-14(12)20(22)23)19-15-9-5-3-7-13(15)17-18-19/h2-9,16H,10H2,1H3/t16-/m0/s1. The number of aromatic nitrogens is 3. The normalized spacial score (nSPS) is 12.2. The van der Waals surface area contributed by atoms with Gasteiger partial charge in [0.15, 0.2) is 0 Å². The number of nitrogens with zero attached hydrogens (tertiary/aromatic N) is 4. The third-order valence-electron chi connectivity index (χ3n) is 3.65. The third kappa shape index (κ3) is 2.80. The van der Waals surface area contributed by atoms with Gasteiger partial charge in [-0.3, -0.25) is 14.9 Å². The van der Waals surface area contributed by atoms with Gasteiger partial charge in [-0.2, -0.15) is 0 Å². The number of rotatable bonds is 5. The van der Waals surface area contributed by atoms with Gasteiger partial charge in [0.05, 0.1) is 22.0 Å². The van der Waals surface area contributed by atoms with Gasteiger partial charge >= 0.3 is 0 Å². The first-order valence-electron chi connectivity index (χ1n) is 7.10. The Morgan fingerprint density at radius 1 is 1.22 bits per heavy atom. The largest absolute Gasteiger partial charge is 0.300 e. The van der Waals surface area contributed by atoms with Crippen LogP contribution in [-0.2, 0) is 4.79 Å². The number of carbonyl (C=O) groups excluding carboxylic acids is 1. The molecule has 0 fully saturated rings. The third-order valence-corrected chi connectivity index (χ3v) is 3.65. The molecule has 7 heteroatoms. The summed E-state index contributed by atoms with van der Waals surface area (Å²) in [7, 11) is 0. The summed E-state index contributed by atoms with van der Waals surface area (Å²) in [6, 6.07) is 13.2. The molecule has 0 saturated carbocycles. The lowest BCUT2D eigenvalue weighted by Gasteiger charge is -2.17. The minimum Gasteiger partial charge on any atom is -0.300 e. The summed E-state index contributed by atoms with van der Waals surface area (Å²) in [4.78, 5) is 22.6. The van der Waals surface area contributed by atoms with E-state index in [0.29, 0.717) is 11.1 Å². The number of nitro groups is 1. The zero-order chi connectivity index (χ0) is 16.4. The molecule has 0 unspecified atom stereocenters. The lowest BCUT2D eigenvalue weighted by Crippen LogP contribution is -2.17. The minimum atomic E-state index is -0.568. The first-order valence-corrected chi connectivity index (χ1v) is 7.10. The lowest BCUT2D eigenvalue weighted by molar-refractivity contribution is -0.385. The number of fused-ring (bicyclic) bond motifs is 1. The van der Waals surface area contributed by atoms with Crippen molar-refractivity contribution in [1.29, 1.82) is 0 Å². The molecule has 0 aliphatic heterocycles. The first-order chi connectivity index (χ1) is 11.1. The van der Waals surface area contributed by atoms with E-state index in [-0.39, 0.29) is 17.9 Å². The summed E-state index contributed by atoms with van der Waals surface area (Å²) < 4.78 is 1.58. The molecule has 0 amide bonds. The molecule has 3 rings (SSSR count). The minimum absolute atomic E-state index is 0.0293. The smallest absolute Gasteiger partial charge is 0.274 e. The van der Waals surface area contributed by atoms with Gasteiger partial charge in [0.2, 0.25) is 0 Å². The van der Waals surface area contributed by atoms with Gasteiger partial charge in [-0.15, -0.1) is 5.10 Å². The van der Waals surface area contributed by atoms with Crippen LogP contribution in [0.25, 0.3) is 11.0 Å². The molecule has 0 bridgehead atoms. The maximum atomic E-state index is 11.7. The fourth-order valence-electron chi connectivity index (χ4n) is 2.65. The molecule has 1 atom stereocenters. The van der Waals surface area contributed by atoms with Gasteiger partial charge in [0.1, 0.15) is 11.3 Å². The Morgan fingerprint density at radius 3 is 2.65 bits per heavy atom. The van der Waals surface area contributed by atoms with Crippen LogP contribution in [-0.4, -0.2) is 25.7 Å². The van der Waals surface area contributed by atoms with Crippen molar-refractivity contribution in [2.24, 2.45) is 0 Å². The molecule has 23 heavy (non-hydrogen) atoms. The van der Waals surface area contributed by atoms with Crippen LogP contribution in [0.3, 0.4) is 0 Å². The highest BCUT2D eigenvalue weighted by Gasteiger charge is 2.26. The molecule has 1 heterocycles. The van der Waals surface area contributed by atoms with E-state index in [2.05, 4.69) is 10.3 Å². The molecule has 0 saturated heterocycles. The van der Waals surface area contributed by atoms with E-state index in [0.717, 1.165) is 5.52 Å². The Kier molecular flexibility index (Phi) is 3.84. The van der Waals surface area contributed by atoms with Crippen LogP contribution in [0, 0.1) is 10.1 Å². The van der Waals surface area contributed by atoms with Crippen molar-refractivity contribution in [3.63, 3.8) is 0 Å². The van der Waals surface area contributed by atoms with Crippen molar-refractivity contribution < 1.29 is 9.72 Å². The molecule has 116 valence electrons. The van der Waals surface area contributed by atoms with Crippen LogP contribution in [0.4, 0.5) is 5.69 Å². The molecule has 0 spiro atoms. The number of hydrogen-bond donors (Lipinski definition) is 0. The van der Waals surface area contributed by atoms with E-state index in [4.69, 9.17) is 0 Å². The molecule has 7 nitrogen and oxygen atoms in total. The number of ketones is 1. The molecular weight excluding hydrogens is 296 g/mol. The fourth-order valence-corrected chi connectivity index (χ4v) is 2.65. The molecule has 2 aromatic carbocycles. The monoisotopic (exact) mass is 310 g/mol. The molecule has 3 aromatic rings. The Balaban J connectivity index is 2.20. The Labute approximate surface area is 131 Å². The molecule has 0 aliphatic rings. The van der Waals surface area contributed by atoms with E-state index in [1.54, 1.807) is 22.9 Å². The highest BCUT2D eigenvalue weighted by Crippen LogP contribution is 2.31. The van der Waals surface area contributed by atoms with E-state index in [1.165, 1.54) is 13.0 Å². The van der Waals surface area contributed by atoms with Crippen molar-refractivity contribution >= 4 is 22.5 Å². The Morgan fingerprint density at radius 2 is 1.91 bits per heavy atom. The van der Waals surface area contributed by atoms with E-state index in [9.17, 15) is 14.9 Å². The van der Waals surface area contributed by atoms with Gasteiger partial charge < -0.3 is 0 Å². The van der Waals surface area contributed by atoms with Crippen molar-refractivity contribution in [3.05, 3.63) is 64.2 Å². The zero-order valence-corrected chi connectivity index (χ0v) is 12.4. The average Bonchev–Trinajstić information content (AvgIpc) is 2.96. The maximum Gasteiger partial charge on any atom is 0.274 e. The summed E-state index contributed by atoms with van der Waals surface area (Å²) in [5.41, 5.74) is 1.83. The van der Waals surface area contributed by atoms with Crippen molar-refractivity contribution in [1.82, 2.24) is 15.0 Å². The average molecular weight is 310 g/mol. The van der Waals surface area contributed by atoms with Gasteiger partial charge in [0.25, 0.3) is 5.69 Å². The Hall–Kier alpha value is -3.09. The second-order valence-corrected chi connectivity index (χ2v) is 5.26. The highest BCUT2D eigenvalue weighted by molar-refractivity contribution is 5.78. The van der Waals surface area contributed by atoms with Crippen LogP contribution in [0.15, 0.2) is 48.5 Å². The quantitative estimate of drug-likeness (QED) is 0.534. The van der Waals surface area contributed by atoms with E-state index < -0.39 is 11.0 Å². The van der Waals surface area contributed by atoms with Crippen molar-refractivity contribution in [2.45, 2.75) is 19.4 Å². The predicted molar refractivity (Wildman–Crippen MR) is 84.1 cm³/mol. The molecule has 0 radical (unpaired) electrons. The number of hydrogen-bond acceptors (Lipinski definition) is 5. The number of para-hydroxylation sites is 2. The van der Waals surface area contributed by atoms with Crippen LogP contribution in [0.1, 0.15) is 24.9 Å². The molecular formula is C16H14N4O3. The van der Waals surface area contributed by atoms with Gasteiger partial charge in [0, 0.05) is 12.5 Å². The summed E-state index contributed by atoms with van der Waals surface area (Å²) in [5.74, 6) is -0.0762. The lowest BCUT2D eigenvalue weighted by atomic mass is 10.00. The Bertz CT molecular complexity index is 888. The first kappa shape index (κ1) is 14.8. The van der Waals surface area contributed by atoms with Crippen molar-refractivity contribution in [2.75, 3.05) is 0 Å². The second-order valence-electron chi connectivity index (χ2n) is 5.26. The summed E-state index contributed by atoms with van der Waals surface area (Å²) in [6.45, 7) is 1.46. The maximum absolute atomic E-state index is 11.7. The molecule has 0 N–H and O–H groups in total. The molecule has 1 aromatic heterocycles. The summed E-state index contributed by atoms with van der Waals surface area (Å²) in [6.07, 6.45) is 0.109. The van der Waals surface area contributed by atoms with Gasteiger partial charge in [-0.05, 0) is 25.1 Å². The SMILES string of the molecule is CC(=O)C[C@@H](c1ccccc1[N+](=O)[O-])n1nnc2ccccc21. The number of carbonyl (C=O) groups is 1. The van der Waals surface area contributed by atoms with Crippen molar-refractivity contribution in [3.8, 4) is 0 Å². The number of Topliss-reactive ketones (excluding diaryl/α,β-unsaturated/α-hetero) is 1. The van der Waals surface area contributed by atoms with Crippen LogP contribution in [0.5, 0.6) is 0 Å². The predicted octanol–water partition coefficient (Wildman–Crippen LogP) is 2.91. The number of benzene rings is 2. The van der Waals surface area contributed by atoms with E-state index in [1.807, 2.05) is 24.3 Å². The van der Waals surface area contributed by atoms with Gasteiger partial charge in [-0.1, -0.05) is 29.5 Å². The van der Waals surface area contributed by atoms with Crippen LogP contribution < -0.4 is 0 Å². The number of nitro benzene ring substituents is 1. The summed E-state index contributed by atoms with van der Waals surface area (Å²) >= 11 is 0.